The zero-order valence-electron chi connectivity index (χ0n) is 25.6. The number of pyridine rings is 2. The zero-order valence-corrected chi connectivity index (χ0v) is 25.6. The van der Waals surface area contributed by atoms with Gasteiger partial charge in [-0.05, 0) is 68.0 Å². The van der Waals surface area contributed by atoms with Gasteiger partial charge in [-0.15, -0.1) is 0 Å². The molecule has 46 heavy (non-hydrogen) atoms. The Morgan fingerprint density at radius 2 is 1.26 bits per heavy atom. The monoisotopic (exact) mass is 628 g/mol. The molecule has 0 aliphatic heterocycles. The summed E-state index contributed by atoms with van der Waals surface area (Å²) in [7, 11) is 0. The summed E-state index contributed by atoms with van der Waals surface area (Å²) in [4.78, 5) is 32.4. The second-order valence-corrected chi connectivity index (χ2v) is 11.5. The maximum Gasteiger partial charge on any atom is 0.253 e. The van der Waals surface area contributed by atoms with Crippen molar-refractivity contribution in [1.29, 1.82) is 0 Å². The summed E-state index contributed by atoms with van der Waals surface area (Å²) < 4.78 is 37.5. The highest BCUT2D eigenvalue weighted by molar-refractivity contribution is 5.94. The first kappa shape index (κ1) is 32.5. The average molecular weight is 629 g/mol. The van der Waals surface area contributed by atoms with Gasteiger partial charge in [0.05, 0.1) is 11.1 Å². The largest absolute Gasteiger partial charge is 0.473 e. The molecule has 0 radical (unpaired) electrons. The number of benzene rings is 2. The van der Waals surface area contributed by atoms with Crippen LogP contribution in [-0.2, 0) is 13.2 Å². The number of hydrogen-bond acceptors (Lipinski definition) is 6. The second kappa shape index (κ2) is 16.5. The molecule has 6 rings (SSSR count). The van der Waals surface area contributed by atoms with Crippen molar-refractivity contribution in [2.24, 2.45) is 0 Å². The van der Waals surface area contributed by atoms with Crippen LogP contribution in [0.1, 0.15) is 83.2 Å². The third kappa shape index (κ3) is 9.82. The van der Waals surface area contributed by atoms with Crippen LogP contribution in [0.2, 0.25) is 0 Å². The van der Waals surface area contributed by atoms with Gasteiger partial charge in [0.15, 0.2) is 0 Å². The van der Waals surface area contributed by atoms with Gasteiger partial charge >= 0.3 is 0 Å². The molecule has 2 heterocycles. The third-order valence-electron chi connectivity index (χ3n) is 7.99. The lowest BCUT2D eigenvalue weighted by molar-refractivity contribution is 0.0911. The fourth-order valence-electron chi connectivity index (χ4n) is 5.09. The lowest BCUT2D eigenvalue weighted by atomic mass is 9.93. The molecule has 0 saturated heterocycles. The first-order valence-corrected chi connectivity index (χ1v) is 15.7. The van der Waals surface area contributed by atoms with E-state index in [1.165, 1.54) is 56.3 Å². The van der Waals surface area contributed by atoms with Crippen molar-refractivity contribution >= 4 is 11.8 Å². The van der Waals surface area contributed by atoms with E-state index in [4.69, 9.17) is 9.47 Å². The van der Waals surface area contributed by atoms with Crippen LogP contribution in [0.5, 0.6) is 11.8 Å². The van der Waals surface area contributed by atoms with Gasteiger partial charge in [0.1, 0.15) is 24.8 Å². The average Bonchev–Trinajstić information content (AvgIpc) is 3.06. The molecule has 8 nitrogen and oxygen atoms in total. The van der Waals surface area contributed by atoms with Crippen molar-refractivity contribution in [3.63, 3.8) is 0 Å². The van der Waals surface area contributed by atoms with Gasteiger partial charge in [-0.25, -0.2) is 18.7 Å². The van der Waals surface area contributed by atoms with E-state index >= 15 is 0 Å². The predicted molar refractivity (Wildman–Crippen MR) is 169 cm³/mol. The van der Waals surface area contributed by atoms with Crippen molar-refractivity contribution in [2.45, 2.75) is 76.7 Å². The number of amides is 2. The maximum atomic E-state index is 13.5. The van der Waals surface area contributed by atoms with Gasteiger partial charge in [0.25, 0.3) is 11.8 Å². The third-order valence-corrected chi connectivity index (χ3v) is 7.99. The SMILES string of the molecule is O=C(NC1CCC1)c1ccc(OCc2cccc(F)c2)nc1.O=C(NC1CCCCC1)c1ccc(OCc2ccccc2F)nc1. The van der Waals surface area contributed by atoms with Crippen LogP contribution >= 0.6 is 0 Å². The minimum atomic E-state index is -0.305. The van der Waals surface area contributed by atoms with Gasteiger partial charge in [-0.2, -0.15) is 0 Å². The molecule has 4 aromatic rings. The molecule has 0 unspecified atom stereocenters. The molecule has 2 aromatic carbocycles. The minimum Gasteiger partial charge on any atom is -0.473 e. The number of hydrogen-bond donors (Lipinski definition) is 2. The normalized spacial score (nSPS) is 14.7. The summed E-state index contributed by atoms with van der Waals surface area (Å²) >= 11 is 0. The van der Waals surface area contributed by atoms with Crippen LogP contribution in [0.15, 0.2) is 85.2 Å². The van der Waals surface area contributed by atoms with E-state index in [9.17, 15) is 18.4 Å². The lowest BCUT2D eigenvalue weighted by Gasteiger charge is -2.26. The number of rotatable bonds is 10. The van der Waals surface area contributed by atoms with Crippen LogP contribution in [0.4, 0.5) is 8.78 Å². The van der Waals surface area contributed by atoms with E-state index in [0.717, 1.165) is 31.2 Å². The smallest absolute Gasteiger partial charge is 0.253 e. The molecule has 2 saturated carbocycles. The Morgan fingerprint density at radius 1 is 0.674 bits per heavy atom. The summed E-state index contributed by atoms with van der Waals surface area (Å²) in [5.74, 6) is -0.0288. The van der Waals surface area contributed by atoms with Crippen molar-refractivity contribution in [2.75, 3.05) is 0 Å². The molecule has 2 aromatic heterocycles. The highest BCUT2D eigenvalue weighted by atomic mass is 19.1. The highest BCUT2D eigenvalue weighted by Gasteiger charge is 2.20. The summed E-state index contributed by atoms with van der Waals surface area (Å²) in [5, 5.41) is 6.01. The van der Waals surface area contributed by atoms with Gasteiger partial charge < -0.3 is 20.1 Å². The quantitative estimate of drug-likeness (QED) is 0.197. The fraction of sp³-hybridized carbons (Fsp3) is 0.333. The summed E-state index contributed by atoms with van der Waals surface area (Å²) in [6.07, 6.45) is 12.0. The molecule has 0 atom stereocenters. The van der Waals surface area contributed by atoms with E-state index in [1.807, 2.05) is 0 Å². The van der Waals surface area contributed by atoms with Crippen molar-refractivity contribution < 1.29 is 27.8 Å². The number of ether oxygens (including phenoxy) is 2. The Kier molecular flexibility index (Phi) is 11.6. The summed E-state index contributed by atoms with van der Waals surface area (Å²) in [6.45, 7) is 0.339. The Labute approximate surface area is 267 Å². The number of carbonyl (C=O) groups is 2. The molecule has 0 spiro atoms. The van der Waals surface area contributed by atoms with E-state index < -0.39 is 0 Å². The van der Waals surface area contributed by atoms with Gasteiger partial charge in [0, 0.05) is 42.2 Å². The van der Waals surface area contributed by atoms with E-state index in [-0.39, 0.29) is 42.7 Å². The van der Waals surface area contributed by atoms with Crippen molar-refractivity contribution in [1.82, 2.24) is 20.6 Å². The Bertz CT molecular complexity index is 1570. The first-order valence-electron chi connectivity index (χ1n) is 15.7. The van der Waals surface area contributed by atoms with Crippen molar-refractivity contribution in [3.8, 4) is 11.8 Å². The zero-order chi connectivity index (χ0) is 32.1. The number of carbonyl (C=O) groups excluding carboxylic acids is 2. The highest BCUT2D eigenvalue weighted by Crippen LogP contribution is 2.20. The second-order valence-electron chi connectivity index (χ2n) is 11.5. The summed E-state index contributed by atoms with van der Waals surface area (Å²) in [5.41, 5.74) is 2.23. The van der Waals surface area contributed by atoms with Crippen LogP contribution in [0.25, 0.3) is 0 Å². The standard InChI is InChI=1S/C19H21FN2O2.C17H17FN2O2/c20-17-9-5-4-6-15(17)13-24-18-11-10-14(12-21-18)19(23)22-16-7-2-1-3-8-16;18-14-4-1-3-12(9-14)11-22-16-8-7-13(10-19-16)17(21)20-15-5-2-6-15/h4-6,9-12,16H,1-3,7-8,13H2,(H,22,23);1,3-4,7-10,15H,2,5-6,11H2,(H,20,21). The van der Waals surface area contributed by atoms with Crippen LogP contribution in [-0.4, -0.2) is 33.9 Å². The Balaban J connectivity index is 0.000000182. The maximum absolute atomic E-state index is 13.5. The first-order chi connectivity index (χ1) is 22.4. The molecule has 2 fully saturated rings. The number of aromatic nitrogens is 2. The van der Waals surface area contributed by atoms with Gasteiger partial charge in [-0.3, -0.25) is 9.59 Å². The van der Waals surface area contributed by atoms with Gasteiger partial charge in [0.2, 0.25) is 11.8 Å². The molecule has 2 aliphatic carbocycles. The molecule has 10 heteroatoms. The van der Waals surface area contributed by atoms with Crippen LogP contribution in [0, 0.1) is 11.6 Å². The Morgan fingerprint density at radius 3 is 1.78 bits per heavy atom. The lowest BCUT2D eigenvalue weighted by Crippen LogP contribution is -2.39. The Hall–Kier alpha value is -4.86. The number of halogens is 2. The van der Waals surface area contributed by atoms with Crippen LogP contribution < -0.4 is 20.1 Å². The van der Waals surface area contributed by atoms with Crippen LogP contribution in [0.3, 0.4) is 0 Å². The van der Waals surface area contributed by atoms with E-state index in [2.05, 4.69) is 20.6 Å². The van der Waals surface area contributed by atoms with Crippen molar-refractivity contribution in [3.05, 3.63) is 119 Å². The van der Waals surface area contributed by atoms with Gasteiger partial charge in [-0.1, -0.05) is 49.6 Å². The molecule has 2 amide bonds. The molecule has 0 bridgehead atoms. The van der Waals surface area contributed by atoms with E-state index in [0.29, 0.717) is 34.5 Å². The topological polar surface area (TPSA) is 102 Å². The number of nitrogens with one attached hydrogen (secondary N) is 2. The van der Waals surface area contributed by atoms with E-state index in [1.54, 1.807) is 54.6 Å². The predicted octanol–water partition coefficient (Wildman–Crippen LogP) is 6.94. The number of nitrogens with zero attached hydrogens (tertiary/aromatic N) is 2. The minimum absolute atomic E-state index is 0.102. The molecule has 2 aliphatic rings. The molecular formula is C36H38F2N4O4. The molecular weight excluding hydrogens is 590 g/mol. The molecule has 240 valence electrons. The fourth-order valence-corrected chi connectivity index (χ4v) is 5.09. The molecule has 2 N–H and O–H groups in total. The summed E-state index contributed by atoms with van der Waals surface area (Å²) in [6, 6.07) is 19.9.